The lowest BCUT2D eigenvalue weighted by Crippen LogP contribution is -2.14. The van der Waals surface area contributed by atoms with Crippen molar-refractivity contribution in [3.8, 4) is 0 Å². The van der Waals surface area contributed by atoms with Crippen LogP contribution in [-0.4, -0.2) is 24.3 Å². The van der Waals surface area contributed by atoms with Crippen LogP contribution in [0.5, 0.6) is 0 Å². The first-order chi connectivity index (χ1) is 9.22. The molecule has 0 radical (unpaired) electrons. The number of aliphatic hydroxyl groups excluding tert-OH is 1. The van der Waals surface area contributed by atoms with Crippen LogP contribution in [0.3, 0.4) is 0 Å². The third-order valence-electron chi connectivity index (χ3n) is 3.23. The van der Waals surface area contributed by atoms with Gasteiger partial charge in [-0.25, -0.2) is 0 Å². The Hall–Kier alpha value is -1.35. The van der Waals surface area contributed by atoms with Gasteiger partial charge in [0.05, 0.1) is 19.6 Å². The highest BCUT2D eigenvalue weighted by Gasteiger charge is 2.10. The fourth-order valence-electron chi connectivity index (χ4n) is 2.09. The Morgan fingerprint density at radius 2 is 1.84 bits per heavy atom. The van der Waals surface area contributed by atoms with Crippen molar-refractivity contribution in [1.29, 1.82) is 0 Å². The highest BCUT2D eigenvalue weighted by Crippen LogP contribution is 2.11. The summed E-state index contributed by atoms with van der Waals surface area (Å²) in [6, 6.07) is 10.5. The van der Waals surface area contributed by atoms with E-state index < -0.39 is 6.10 Å². The number of ether oxygens (including phenoxy) is 1. The zero-order valence-electron chi connectivity index (χ0n) is 11.7. The highest BCUT2D eigenvalue weighted by molar-refractivity contribution is 5.69. The van der Waals surface area contributed by atoms with E-state index in [1.54, 1.807) is 0 Å². The molecule has 1 atom stereocenters. The van der Waals surface area contributed by atoms with E-state index >= 15 is 0 Å². The normalized spacial score (nSPS) is 12.1. The van der Waals surface area contributed by atoms with E-state index in [-0.39, 0.29) is 12.4 Å². The smallest absolute Gasteiger partial charge is 0.308 e. The van der Waals surface area contributed by atoms with Crippen LogP contribution in [-0.2, 0) is 16.0 Å². The molecule has 0 aliphatic carbocycles. The SMILES string of the molecule is COC(=O)CC(O)CCCCCCc1ccccc1. The summed E-state index contributed by atoms with van der Waals surface area (Å²) in [5.74, 6) is -0.337. The molecule has 1 rings (SSSR count). The number of esters is 1. The molecule has 3 heteroatoms. The van der Waals surface area contributed by atoms with Crippen molar-refractivity contribution in [3.05, 3.63) is 35.9 Å². The van der Waals surface area contributed by atoms with Crippen LogP contribution in [0.25, 0.3) is 0 Å². The summed E-state index contributed by atoms with van der Waals surface area (Å²) in [5, 5.41) is 9.58. The molecule has 0 aliphatic rings. The van der Waals surface area contributed by atoms with Crippen LogP contribution in [0.15, 0.2) is 30.3 Å². The number of carbonyl (C=O) groups excluding carboxylic acids is 1. The third-order valence-corrected chi connectivity index (χ3v) is 3.23. The number of carbonyl (C=O) groups is 1. The molecular weight excluding hydrogens is 240 g/mol. The van der Waals surface area contributed by atoms with E-state index in [4.69, 9.17) is 0 Å². The summed E-state index contributed by atoms with van der Waals surface area (Å²) in [6.07, 6.45) is 5.77. The van der Waals surface area contributed by atoms with Crippen LogP contribution in [0.2, 0.25) is 0 Å². The molecule has 1 unspecified atom stereocenters. The van der Waals surface area contributed by atoms with E-state index in [0.29, 0.717) is 6.42 Å². The minimum Gasteiger partial charge on any atom is -0.469 e. The summed E-state index contributed by atoms with van der Waals surface area (Å²) in [7, 11) is 1.35. The fourth-order valence-corrected chi connectivity index (χ4v) is 2.09. The minimum atomic E-state index is -0.554. The molecule has 0 spiro atoms. The molecular formula is C16H24O3. The molecule has 1 N–H and O–H groups in total. The number of unbranched alkanes of at least 4 members (excludes halogenated alkanes) is 3. The first-order valence-electron chi connectivity index (χ1n) is 7.01. The van der Waals surface area contributed by atoms with Crippen molar-refractivity contribution in [2.45, 2.75) is 51.0 Å². The standard InChI is InChI=1S/C16H24O3/c1-19-16(18)13-15(17)12-8-3-2-5-9-14-10-6-4-7-11-14/h4,6-7,10-11,15,17H,2-3,5,8-9,12-13H2,1H3. The monoisotopic (exact) mass is 264 g/mol. The van der Waals surface area contributed by atoms with Crippen LogP contribution in [0.1, 0.15) is 44.1 Å². The molecule has 1 aromatic rings. The van der Waals surface area contributed by atoms with Crippen molar-refractivity contribution < 1.29 is 14.6 Å². The maximum atomic E-state index is 10.9. The second-order valence-corrected chi connectivity index (χ2v) is 4.87. The van der Waals surface area contributed by atoms with Gasteiger partial charge in [0.2, 0.25) is 0 Å². The first-order valence-corrected chi connectivity index (χ1v) is 7.01. The number of aliphatic hydroxyl groups is 1. The van der Waals surface area contributed by atoms with Gasteiger partial charge >= 0.3 is 5.97 Å². The fraction of sp³-hybridized carbons (Fsp3) is 0.562. The molecule has 0 fully saturated rings. The number of hydrogen-bond acceptors (Lipinski definition) is 3. The zero-order valence-corrected chi connectivity index (χ0v) is 11.7. The number of methoxy groups -OCH3 is 1. The van der Waals surface area contributed by atoms with Gasteiger partial charge in [0.1, 0.15) is 0 Å². The van der Waals surface area contributed by atoms with Gasteiger partial charge in [-0.05, 0) is 24.8 Å². The summed E-state index contributed by atoms with van der Waals surface area (Å²) >= 11 is 0. The van der Waals surface area contributed by atoms with Crippen molar-refractivity contribution in [3.63, 3.8) is 0 Å². The Kier molecular flexibility index (Phi) is 7.91. The van der Waals surface area contributed by atoms with E-state index in [9.17, 15) is 9.90 Å². The molecule has 3 nitrogen and oxygen atoms in total. The second-order valence-electron chi connectivity index (χ2n) is 4.87. The Bertz CT molecular complexity index is 348. The summed E-state index contributed by atoms with van der Waals surface area (Å²) in [4.78, 5) is 10.9. The van der Waals surface area contributed by atoms with Crippen LogP contribution in [0.4, 0.5) is 0 Å². The predicted octanol–water partition coefficient (Wildman–Crippen LogP) is 3.10. The van der Waals surface area contributed by atoms with E-state index in [0.717, 1.165) is 19.3 Å². The largest absolute Gasteiger partial charge is 0.469 e. The molecule has 0 amide bonds. The van der Waals surface area contributed by atoms with Gasteiger partial charge in [0.15, 0.2) is 0 Å². The number of hydrogen-bond donors (Lipinski definition) is 1. The minimum absolute atomic E-state index is 0.112. The molecule has 1 aromatic carbocycles. The van der Waals surface area contributed by atoms with Gasteiger partial charge in [-0.1, -0.05) is 49.6 Å². The molecule has 106 valence electrons. The average Bonchev–Trinajstić information content (AvgIpc) is 2.43. The molecule has 0 aliphatic heterocycles. The highest BCUT2D eigenvalue weighted by atomic mass is 16.5. The molecule has 0 saturated heterocycles. The van der Waals surface area contributed by atoms with Gasteiger partial charge in [-0.15, -0.1) is 0 Å². The van der Waals surface area contributed by atoms with E-state index in [1.165, 1.54) is 25.5 Å². The van der Waals surface area contributed by atoms with Gasteiger partial charge in [0.25, 0.3) is 0 Å². The number of benzene rings is 1. The quantitative estimate of drug-likeness (QED) is 0.550. The maximum absolute atomic E-state index is 10.9. The van der Waals surface area contributed by atoms with Gasteiger partial charge in [-0.3, -0.25) is 4.79 Å². The summed E-state index contributed by atoms with van der Waals surface area (Å²) in [6.45, 7) is 0. The van der Waals surface area contributed by atoms with Crippen molar-refractivity contribution >= 4 is 5.97 Å². The molecule has 0 bridgehead atoms. The lowest BCUT2D eigenvalue weighted by molar-refractivity contribution is -0.142. The van der Waals surface area contributed by atoms with Gasteiger partial charge < -0.3 is 9.84 Å². The Morgan fingerprint density at radius 1 is 1.16 bits per heavy atom. The molecule has 0 saturated carbocycles. The zero-order chi connectivity index (χ0) is 13.9. The maximum Gasteiger partial charge on any atom is 0.308 e. The Morgan fingerprint density at radius 3 is 2.53 bits per heavy atom. The van der Waals surface area contributed by atoms with E-state index in [2.05, 4.69) is 29.0 Å². The Labute approximate surface area is 115 Å². The number of aryl methyl sites for hydroxylation is 1. The Balaban J connectivity index is 1.98. The van der Waals surface area contributed by atoms with Crippen LogP contribution in [0, 0.1) is 0 Å². The van der Waals surface area contributed by atoms with E-state index in [1.807, 2.05) is 6.07 Å². The lowest BCUT2D eigenvalue weighted by atomic mass is 10.0. The lowest BCUT2D eigenvalue weighted by Gasteiger charge is -2.08. The second kappa shape index (κ2) is 9.56. The van der Waals surface area contributed by atoms with Crippen molar-refractivity contribution in [2.75, 3.05) is 7.11 Å². The third kappa shape index (κ3) is 7.62. The summed E-state index contributed by atoms with van der Waals surface area (Å²) in [5.41, 5.74) is 1.38. The summed E-state index contributed by atoms with van der Waals surface area (Å²) < 4.78 is 4.52. The first kappa shape index (κ1) is 15.7. The van der Waals surface area contributed by atoms with Gasteiger partial charge in [-0.2, -0.15) is 0 Å². The topological polar surface area (TPSA) is 46.5 Å². The molecule has 0 aromatic heterocycles. The van der Waals surface area contributed by atoms with Gasteiger partial charge in [0, 0.05) is 0 Å². The van der Waals surface area contributed by atoms with Crippen molar-refractivity contribution in [1.82, 2.24) is 0 Å². The molecule has 0 heterocycles. The number of rotatable bonds is 9. The average molecular weight is 264 g/mol. The van der Waals surface area contributed by atoms with Crippen molar-refractivity contribution in [2.24, 2.45) is 0 Å². The predicted molar refractivity (Wildman–Crippen MR) is 75.9 cm³/mol. The molecule has 19 heavy (non-hydrogen) atoms. The van der Waals surface area contributed by atoms with Crippen LogP contribution >= 0.6 is 0 Å². The van der Waals surface area contributed by atoms with Crippen LogP contribution < -0.4 is 0 Å².